The van der Waals surface area contributed by atoms with Crippen molar-refractivity contribution in [2.24, 2.45) is 5.92 Å². The first kappa shape index (κ1) is 12.7. The fraction of sp³-hybridized carbons (Fsp3) is 0.909. The van der Waals surface area contributed by atoms with Crippen LogP contribution in [0.5, 0.6) is 0 Å². The number of nitrogens with zero attached hydrogens (tertiary/aromatic N) is 1. The average Bonchev–Trinajstić information content (AvgIpc) is 2.27. The van der Waals surface area contributed by atoms with E-state index in [4.69, 9.17) is 17.3 Å². The van der Waals surface area contributed by atoms with E-state index < -0.39 is 0 Å². The molecule has 1 aliphatic heterocycles. The summed E-state index contributed by atoms with van der Waals surface area (Å²) in [6.45, 7) is 5.47. The fourth-order valence-corrected chi connectivity index (χ4v) is 2.28. The zero-order valence-corrected chi connectivity index (χ0v) is 10.4. The van der Waals surface area contributed by atoms with Crippen LogP contribution in [0.25, 0.3) is 0 Å². The molecule has 1 heterocycles. The predicted octanol–water partition coefficient (Wildman–Crippen LogP) is 1.37. The van der Waals surface area contributed by atoms with Crippen LogP contribution in [-0.2, 0) is 0 Å². The van der Waals surface area contributed by atoms with Crippen molar-refractivity contribution in [1.82, 2.24) is 10.2 Å². The average molecular weight is 230 g/mol. The highest BCUT2D eigenvalue weighted by Gasteiger charge is 2.20. The van der Waals surface area contributed by atoms with Crippen molar-refractivity contribution >= 4 is 17.3 Å². The molecule has 0 aliphatic carbocycles. The third kappa shape index (κ3) is 4.34. The molecule has 0 aromatic carbocycles. The number of rotatable bonds is 4. The lowest BCUT2D eigenvalue weighted by Gasteiger charge is -2.34. The molecule has 4 heteroatoms. The second kappa shape index (κ2) is 7.01. The van der Waals surface area contributed by atoms with Gasteiger partial charge in [-0.25, -0.2) is 0 Å². The third-order valence-electron chi connectivity index (χ3n) is 2.87. The van der Waals surface area contributed by atoms with Crippen LogP contribution in [0, 0.1) is 5.92 Å². The van der Waals surface area contributed by atoms with Gasteiger partial charge in [-0.2, -0.15) is 0 Å². The van der Waals surface area contributed by atoms with E-state index in [1.807, 2.05) is 0 Å². The summed E-state index contributed by atoms with van der Waals surface area (Å²) in [7, 11) is 0. The van der Waals surface area contributed by atoms with Crippen LogP contribution in [0.3, 0.4) is 0 Å². The van der Waals surface area contributed by atoms with E-state index in [0.717, 1.165) is 37.6 Å². The molecular weight excluding hydrogens is 208 g/mol. The normalized spacial score (nSPS) is 21.5. The molecule has 1 rings (SSSR count). The maximum Gasteiger partial charge on any atom is 0.168 e. The Hall–Kier alpha value is -0.350. The molecule has 1 fully saturated rings. The summed E-state index contributed by atoms with van der Waals surface area (Å²) < 4.78 is 0. The quantitative estimate of drug-likeness (QED) is 0.715. The summed E-state index contributed by atoms with van der Waals surface area (Å²) in [6, 6.07) is 0. The highest BCUT2D eigenvalue weighted by atomic mass is 32.1. The lowest BCUT2D eigenvalue weighted by atomic mass is 9.95. The summed E-state index contributed by atoms with van der Waals surface area (Å²) in [6.07, 6.45) is 4.44. The van der Waals surface area contributed by atoms with Gasteiger partial charge >= 0.3 is 0 Å². The van der Waals surface area contributed by atoms with E-state index in [-0.39, 0.29) is 0 Å². The number of likely N-dealkylation sites (tertiary alicyclic amines) is 1. The van der Waals surface area contributed by atoms with Gasteiger partial charge < -0.3 is 15.3 Å². The molecular formula is C11H22N2OS. The maximum absolute atomic E-state index is 8.92. The lowest BCUT2D eigenvalue weighted by molar-refractivity contribution is 0.197. The summed E-state index contributed by atoms with van der Waals surface area (Å²) in [5.74, 6) is 0.616. The van der Waals surface area contributed by atoms with Gasteiger partial charge in [0.15, 0.2) is 5.11 Å². The van der Waals surface area contributed by atoms with Gasteiger partial charge in [-0.05, 0) is 43.8 Å². The Morgan fingerprint density at radius 3 is 3.07 bits per heavy atom. The van der Waals surface area contributed by atoms with E-state index >= 15 is 0 Å². The highest BCUT2D eigenvalue weighted by Crippen LogP contribution is 2.19. The summed E-state index contributed by atoms with van der Waals surface area (Å²) in [4.78, 5) is 2.24. The van der Waals surface area contributed by atoms with Crippen molar-refractivity contribution in [3.05, 3.63) is 0 Å². The fourth-order valence-electron chi connectivity index (χ4n) is 2.01. The monoisotopic (exact) mass is 230 g/mol. The molecule has 0 saturated carbocycles. The van der Waals surface area contributed by atoms with E-state index in [0.29, 0.717) is 12.5 Å². The second-order valence-electron chi connectivity index (χ2n) is 4.20. The number of nitrogens with one attached hydrogen (secondary N) is 1. The van der Waals surface area contributed by atoms with Crippen molar-refractivity contribution in [2.45, 2.75) is 32.6 Å². The van der Waals surface area contributed by atoms with Crippen molar-refractivity contribution in [2.75, 3.05) is 26.2 Å². The van der Waals surface area contributed by atoms with Gasteiger partial charge in [0.25, 0.3) is 0 Å². The molecule has 1 unspecified atom stereocenters. The Balaban J connectivity index is 2.31. The molecule has 15 heavy (non-hydrogen) atoms. The minimum atomic E-state index is 0.299. The smallest absolute Gasteiger partial charge is 0.168 e. The molecule has 0 amide bonds. The van der Waals surface area contributed by atoms with Crippen LogP contribution >= 0.6 is 12.2 Å². The second-order valence-corrected chi connectivity index (χ2v) is 4.59. The number of thiocarbonyl (C=S) groups is 1. The van der Waals surface area contributed by atoms with Crippen LogP contribution in [-0.4, -0.2) is 41.4 Å². The standard InChI is InChI=1S/C11H22N2OS/c1-2-6-12-11(15)13-7-3-4-10(9-13)5-8-14/h10,14H,2-9H2,1H3,(H,12,15). The van der Waals surface area contributed by atoms with E-state index in [9.17, 15) is 0 Å². The van der Waals surface area contributed by atoms with Crippen molar-refractivity contribution < 1.29 is 5.11 Å². The van der Waals surface area contributed by atoms with Gasteiger partial charge in [0.05, 0.1) is 0 Å². The van der Waals surface area contributed by atoms with Crippen LogP contribution in [0.15, 0.2) is 0 Å². The molecule has 1 aliphatic rings. The molecule has 0 spiro atoms. The minimum absolute atomic E-state index is 0.299. The molecule has 88 valence electrons. The number of hydrogen-bond acceptors (Lipinski definition) is 2. The van der Waals surface area contributed by atoms with Crippen molar-refractivity contribution in [3.8, 4) is 0 Å². The first-order chi connectivity index (χ1) is 7.27. The van der Waals surface area contributed by atoms with Crippen LogP contribution in [0.1, 0.15) is 32.6 Å². The predicted molar refractivity (Wildman–Crippen MR) is 66.9 cm³/mol. The zero-order valence-electron chi connectivity index (χ0n) is 9.54. The molecule has 2 N–H and O–H groups in total. The highest BCUT2D eigenvalue weighted by molar-refractivity contribution is 7.80. The first-order valence-corrected chi connectivity index (χ1v) is 6.32. The Bertz CT molecular complexity index is 197. The number of aliphatic hydroxyl groups excluding tert-OH is 1. The van der Waals surface area contributed by atoms with Gasteiger partial charge in [0, 0.05) is 26.2 Å². The molecule has 0 radical (unpaired) electrons. The molecule has 0 aromatic rings. The van der Waals surface area contributed by atoms with Gasteiger partial charge in [0.2, 0.25) is 0 Å². The molecule has 1 saturated heterocycles. The minimum Gasteiger partial charge on any atom is -0.396 e. The summed E-state index contributed by atoms with van der Waals surface area (Å²) in [5.41, 5.74) is 0. The molecule has 0 bridgehead atoms. The van der Waals surface area contributed by atoms with Crippen molar-refractivity contribution in [3.63, 3.8) is 0 Å². The number of hydrogen-bond donors (Lipinski definition) is 2. The van der Waals surface area contributed by atoms with Gasteiger partial charge in [-0.15, -0.1) is 0 Å². The largest absolute Gasteiger partial charge is 0.396 e. The van der Waals surface area contributed by atoms with Gasteiger partial charge in [-0.1, -0.05) is 6.92 Å². The maximum atomic E-state index is 8.92. The Morgan fingerprint density at radius 1 is 1.60 bits per heavy atom. The number of aliphatic hydroxyl groups is 1. The zero-order chi connectivity index (χ0) is 11.1. The van der Waals surface area contributed by atoms with E-state index in [1.54, 1.807) is 0 Å². The van der Waals surface area contributed by atoms with Crippen molar-refractivity contribution in [1.29, 1.82) is 0 Å². The Kier molecular flexibility index (Phi) is 5.95. The number of piperidine rings is 1. The molecule has 3 nitrogen and oxygen atoms in total. The lowest BCUT2D eigenvalue weighted by Crippen LogP contribution is -2.45. The Morgan fingerprint density at radius 2 is 2.40 bits per heavy atom. The molecule has 0 aromatic heterocycles. The molecule has 1 atom stereocenters. The van der Waals surface area contributed by atoms with E-state index in [1.165, 1.54) is 12.8 Å². The van der Waals surface area contributed by atoms with Gasteiger partial charge in [0.1, 0.15) is 0 Å². The van der Waals surface area contributed by atoms with E-state index in [2.05, 4.69) is 17.1 Å². The van der Waals surface area contributed by atoms with Crippen LogP contribution < -0.4 is 5.32 Å². The van der Waals surface area contributed by atoms with Crippen LogP contribution in [0.4, 0.5) is 0 Å². The topological polar surface area (TPSA) is 35.5 Å². The third-order valence-corrected chi connectivity index (χ3v) is 3.27. The van der Waals surface area contributed by atoms with Crippen LogP contribution in [0.2, 0.25) is 0 Å². The first-order valence-electron chi connectivity index (χ1n) is 5.91. The van der Waals surface area contributed by atoms with Gasteiger partial charge in [-0.3, -0.25) is 0 Å². The summed E-state index contributed by atoms with van der Waals surface area (Å²) in [5, 5.41) is 13.1. The Labute approximate surface area is 97.8 Å². The summed E-state index contributed by atoms with van der Waals surface area (Å²) >= 11 is 5.33. The SMILES string of the molecule is CCCNC(=S)N1CCCC(CCO)C1.